The first-order valence-corrected chi connectivity index (χ1v) is 7.36. The fourth-order valence-electron chi connectivity index (χ4n) is 1.99. The molecular weight excluding hydrogens is 359 g/mol. The third kappa shape index (κ3) is 4.34. The van der Waals surface area contributed by atoms with E-state index in [0.29, 0.717) is 6.42 Å². The van der Waals surface area contributed by atoms with Gasteiger partial charge in [-0.2, -0.15) is 13.2 Å². The van der Waals surface area contributed by atoms with Gasteiger partial charge in [0, 0.05) is 11.0 Å². The van der Waals surface area contributed by atoms with Crippen molar-refractivity contribution in [2.45, 2.75) is 12.6 Å². The number of hydrogen-bond donors (Lipinski definition) is 1. The Morgan fingerprint density at radius 3 is 2.32 bits per heavy atom. The van der Waals surface area contributed by atoms with Gasteiger partial charge < -0.3 is 5.32 Å². The summed E-state index contributed by atoms with van der Waals surface area (Å²) in [6.07, 6.45) is -3.99. The lowest BCUT2D eigenvalue weighted by Gasteiger charge is -2.12. The number of amides is 1. The van der Waals surface area contributed by atoms with Gasteiger partial charge in [0.25, 0.3) is 5.91 Å². The van der Waals surface area contributed by atoms with Crippen molar-refractivity contribution in [1.29, 1.82) is 0 Å². The molecule has 0 saturated heterocycles. The van der Waals surface area contributed by atoms with Gasteiger partial charge in [0.2, 0.25) is 0 Å². The highest BCUT2D eigenvalue weighted by atomic mass is 79.9. The minimum Gasteiger partial charge on any atom is -0.352 e. The lowest BCUT2D eigenvalue weighted by atomic mass is 10.1. The number of carbonyl (C=O) groups is 1. The van der Waals surface area contributed by atoms with E-state index in [2.05, 4.69) is 21.2 Å². The SMILES string of the molecule is O=C(NCCc1ccc(Br)cc1)c1ccccc1C(F)(F)F. The highest BCUT2D eigenvalue weighted by Gasteiger charge is 2.34. The minimum absolute atomic E-state index is 0.270. The molecular formula is C16H13BrF3NO. The van der Waals surface area contributed by atoms with Crippen LogP contribution in [0.25, 0.3) is 0 Å². The summed E-state index contributed by atoms with van der Waals surface area (Å²) in [4.78, 5) is 11.9. The number of hydrogen-bond acceptors (Lipinski definition) is 1. The van der Waals surface area contributed by atoms with E-state index >= 15 is 0 Å². The van der Waals surface area contributed by atoms with Crippen LogP contribution in [0.15, 0.2) is 53.0 Å². The molecule has 0 bridgehead atoms. The molecule has 22 heavy (non-hydrogen) atoms. The van der Waals surface area contributed by atoms with Gasteiger partial charge in [-0.3, -0.25) is 4.79 Å². The Labute approximate surface area is 134 Å². The van der Waals surface area contributed by atoms with Crippen LogP contribution in [-0.2, 0) is 12.6 Å². The molecule has 0 aromatic heterocycles. The molecule has 1 N–H and O–H groups in total. The van der Waals surface area contributed by atoms with E-state index in [1.54, 1.807) is 0 Å². The van der Waals surface area contributed by atoms with Gasteiger partial charge in [0.05, 0.1) is 11.1 Å². The summed E-state index contributed by atoms with van der Waals surface area (Å²) in [6, 6.07) is 12.3. The minimum atomic E-state index is -4.54. The van der Waals surface area contributed by atoms with E-state index in [9.17, 15) is 18.0 Å². The molecule has 0 radical (unpaired) electrons. The smallest absolute Gasteiger partial charge is 0.352 e. The quantitative estimate of drug-likeness (QED) is 0.845. The standard InChI is InChI=1S/C16H13BrF3NO/c17-12-7-5-11(6-8-12)9-10-21-15(22)13-3-1-2-4-14(13)16(18,19)20/h1-8H,9-10H2,(H,21,22). The summed E-state index contributed by atoms with van der Waals surface area (Å²) >= 11 is 3.32. The topological polar surface area (TPSA) is 29.1 Å². The molecule has 116 valence electrons. The number of rotatable bonds is 4. The van der Waals surface area contributed by atoms with Crippen molar-refractivity contribution in [1.82, 2.24) is 5.32 Å². The number of nitrogens with one attached hydrogen (secondary N) is 1. The summed E-state index contributed by atoms with van der Waals surface area (Å²) < 4.78 is 39.5. The summed E-state index contributed by atoms with van der Waals surface area (Å²) in [6.45, 7) is 0.270. The van der Waals surface area contributed by atoms with Gasteiger partial charge in [-0.15, -0.1) is 0 Å². The van der Waals surface area contributed by atoms with E-state index in [1.165, 1.54) is 18.2 Å². The first kappa shape index (κ1) is 16.5. The second-order valence-electron chi connectivity index (χ2n) is 4.68. The van der Waals surface area contributed by atoms with Gasteiger partial charge in [0.1, 0.15) is 0 Å². The van der Waals surface area contributed by atoms with Gasteiger partial charge in [-0.1, -0.05) is 40.2 Å². The largest absolute Gasteiger partial charge is 0.417 e. The zero-order valence-corrected chi connectivity index (χ0v) is 13.0. The zero-order chi connectivity index (χ0) is 16.2. The third-order valence-corrected chi connectivity index (χ3v) is 3.62. The normalized spacial score (nSPS) is 11.3. The summed E-state index contributed by atoms with van der Waals surface area (Å²) in [5.74, 6) is -0.718. The van der Waals surface area contributed by atoms with Crippen LogP contribution in [0.2, 0.25) is 0 Å². The molecule has 2 nitrogen and oxygen atoms in total. The predicted octanol–water partition coefficient (Wildman–Crippen LogP) is 4.44. The molecule has 2 rings (SSSR count). The molecule has 0 spiro atoms. The van der Waals surface area contributed by atoms with Gasteiger partial charge in [-0.05, 0) is 36.2 Å². The number of alkyl halides is 3. The summed E-state index contributed by atoms with van der Waals surface area (Å²) in [7, 11) is 0. The van der Waals surface area contributed by atoms with Crippen LogP contribution in [0, 0.1) is 0 Å². The average Bonchev–Trinajstić information content (AvgIpc) is 2.48. The van der Waals surface area contributed by atoms with Crippen molar-refractivity contribution in [3.63, 3.8) is 0 Å². The highest BCUT2D eigenvalue weighted by Crippen LogP contribution is 2.31. The maximum absolute atomic E-state index is 12.8. The average molecular weight is 372 g/mol. The van der Waals surface area contributed by atoms with Crippen LogP contribution in [0.5, 0.6) is 0 Å². The Bertz CT molecular complexity index is 653. The lowest BCUT2D eigenvalue weighted by Crippen LogP contribution is -2.28. The van der Waals surface area contributed by atoms with Crippen molar-refractivity contribution < 1.29 is 18.0 Å². The Hall–Kier alpha value is -1.82. The maximum atomic E-state index is 12.8. The van der Waals surface area contributed by atoms with Crippen LogP contribution in [0.4, 0.5) is 13.2 Å². The highest BCUT2D eigenvalue weighted by molar-refractivity contribution is 9.10. The second-order valence-corrected chi connectivity index (χ2v) is 5.59. The molecule has 0 atom stereocenters. The van der Waals surface area contributed by atoms with E-state index in [1.807, 2.05) is 24.3 Å². The number of benzene rings is 2. The van der Waals surface area contributed by atoms with E-state index in [0.717, 1.165) is 16.1 Å². The molecule has 0 aliphatic rings. The molecule has 0 unspecified atom stereocenters. The number of carbonyl (C=O) groups excluding carboxylic acids is 1. The first-order chi connectivity index (χ1) is 10.4. The third-order valence-electron chi connectivity index (χ3n) is 3.09. The molecule has 0 saturated carbocycles. The fraction of sp³-hybridized carbons (Fsp3) is 0.188. The molecule has 0 aliphatic carbocycles. The van der Waals surface area contributed by atoms with Crippen LogP contribution in [0.3, 0.4) is 0 Å². The van der Waals surface area contributed by atoms with Crippen LogP contribution in [0.1, 0.15) is 21.5 Å². The van der Waals surface area contributed by atoms with E-state index < -0.39 is 17.6 Å². The maximum Gasteiger partial charge on any atom is 0.417 e. The Kier molecular flexibility index (Phi) is 5.24. The monoisotopic (exact) mass is 371 g/mol. The summed E-state index contributed by atoms with van der Waals surface area (Å²) in [5.41, 5.74) is -0.283. The molecule has 0 aliphatic heterocycles. The molecule has 1 amide bonds. The summed E-state index contributed by atoms with van der Waals surface area (Å²) in [5, 5.41) is 2.52. The zero-order valence-electron chi connectivity index (χ0n) is 11.5. The first-order valence-electron chi connectivity index (χ1n) is 6.57. The van der Waals surface area contributed by atoms with Crippen molar-refractivity contribution in [2.75, 3.05) is 6.54 Å². The molecule has 2 aromatic rings. The molecule has 2 aromatic carbocycles. The van der Waals surface area contributed by atoms with Gasteiger partial charge in [0.15, 0.2) is 0 Å². The van der Waals surface area contributed by atoms with Crippen LogP contribution < -0.4 is 5.32 Å². The van der Waals surface area contributed by atoms with E-state index in [4.69, 9.17) is 0 Å². The second kappa shape index (κ2) is 6.96. The predicted molar refractivity (Wildman–Crippen MR) is 81.6 cm³/mol. The Balaban J connectivity index is 2.00. The van der Waals surface area contributed by atoms with Crippen molar-refractivity contribution in [3.8, 4) is 0 Å². The number of halogens is 4. The van der Waals surface area contributed by atoms with Crippen LogP contribution >= 0.6 is 15.9 Å². The fourth-order valence-corrected chi connectivity index (χ4v) is 2.26. The molecule has 6 heteroatoms. The Morgan fingerprint density at radius 1 is 1.05 bits per heavy atom. The molecule has 0 fully saturated rings. The van der Waals surface area contributed by atoms with E-state index in [-0.39, 0.29) is 12.1 Å². The van der Waals surface area contributed by atoms with Gasteiger partial charge in [-0.25, -0.2) is 0 Å². The lowest BCUT2D eigenvalue weighted by molar-refractivity contribution is -0.137. The van der Waals surface area contributed by atoms with Crippen molar-refractivity contribution >= 4 is 21.8 Å². The Morgan fingerprint density at radius 2 is 1.68 bits per heavy atom. The van der Waals surface area contributed by atoms with Gasteiger partial charge >= 0.3 is 6.18 Å². The molecule has 0 heterocycles. The van der Waals surface area contributed by atoms with Crippen molar-refractivity contribution in [2.24, 2.45) is 0 Å². The van der Waals surface area contributed by atoms with Crippen molar-refractivity contribution in [3.05, 3.63) is 69.7 Å². The van der Waals surface area contributed by atoms with Crippen LogP contribution in [-0.4, -0.2) is 12.5 Å².